The SMILES string of the molecule is C[C@H]1C[C@@]2(F)CSC(NC(=O)c3ccccc3)=N[C@@]2(c2cccc(Br)c2)CO1. The number of fused-ring (bicyclic) bond motifs is 1. The molecule has 2 aliphatic rings. The average Bonchev–Trinajstić information content (AvgIpc) is 2.69. The number of alkyl halides is 1. The number of nitrogens with zero attached hydrogens (tertiary/aromatic N) is 1. The van der Waals surface area contributed by atoms with Crippen molar-refractivity contribution in [3.05, 3.63) is 70.2 Å². The van der Waals surface area contributed by atoms with E-state index >= 15 is 4.39 Å². The van der Waals surface area contributed by atoms with Crippen molar-refractivity contribution in [3.63, 3.8) is 0 Å². The number of amides is 1. The monoisotopic (exact) mass is 462 g/mol. The van der Waals surface area contributed by atoms with Gasteiger partial charge in [0.1, 0.15) is 5.54 Å². The van der Waals surface area contributed by atoms with Gasteiger partial charge in [0.05, 0.1) is 12.7 Å². The number of hydrogen-bond acceptors (Lipinski definition) is 4. The summed E-state index contributed by atoms with van der Waals surface area (Å²) in [5.41, 5.74) is -1.47. The van der Waals surface area contributed by atoms with Gasteiger partial charge in [-0.1, -0.05) is 58.0 Å². The van der Waals surface area contributed by atoms with Gasteiger partial charge in [0.25, 0.3) is 5.91 Å². The van der Waals surface area contributed by atoms with Crippen molar-refractivity contribution in [2.24, 2.45) is 4.99 Å². The first-order chi connectivity index (χ1) is 13.4. The maximum Gasteiger partial charge on any atom is 0.257 e. The van der Waals surface area contributed by atoms with Crippen LogP contribution in [-0.4, -0.2) is 35.2 Å². The highest BCUT2D eigenvalue weighted by molar-refractivity contribution is 9.10. The molecule has 1 saturated heterocycles. The van der Waals surface area contributed by atoms with E-state index in [0.717, 1.165) is 10.0 Å². The van der Waals surface area contributed by atoms with Crippen LogP contribution >= 0.6 is 27.7 Å². The molecule has 7 heteroatoms. The molecule has 0 bridgehead atoms. The molecule has 4 rings (SSSR count). The molecule has 0 unspecified atom stereocenters. The van der Waals surface area contributed by atoms with Gasteiger partial charge < -0.3 is 10.1 Å². The number of hydrogen-bond donors (Lipinski definition) is 1. The van der Waals surface area contributed by atoms with Crippen LogP contribution in [0.15, 0.2) is 64.1 Å². The number of ether oxygens (including phenoxy) is 1. The van der Waals surface area contributed by atoms with Crippen molar-refractivity contribution in [3.8, 4) is 0 Å². The maximum atomic E-state index is 16.2. The Labute approximate surface area is 176 Å². The summed E-state index contributed by atoms with van der Waals surface area (Å²) in [5.74, 6) is -0.0473. The van der Waals surface area contributed by atoms with Crippen molar-refractivity contribution >= 4 is 38.8 Å². The Kier molecular flexibility index (Phi) is 5.33. The molecule has 2 heterocycles. The van der Waals surface area contributed by atoms with Crippen molar-refractivity contribution in [2.75, 3.05) is 12.4 Å². The van der Waals surface area contributed by atoms with Gasteiger partial charge in [-0.05, 0) is 36.8 Å². The number of benzene rings is 2. The fraction of sp³-hybridized carbons (Fsp3) is 0.333. The highest BCUT2D eigenvalue weighted by Crippen LogP contribution is 2.51. The topological polar surface area (TPSA) is 50.7 Å². The van der Waals surface area contributed by atoms with Crippen molar-refractivity contribution in [2.45, 2.75) is 30.7 Å². The van der Waals surface area contributed by atoms with Crippen LogP contribution in [0.1, 0.15) is 29.3 Å². The third-order valence-corrected chi connectivity index (χ3v) is 6.78. The minimum absolute atomic E-state index is 0.131. The summed E-state index contributed by atoms with van der Waals surface area (Å²) in [6.45, 7) is 2.01. The number of carbonyl (C=O) groups excluding carboxylic acids is 1. The van der Waals surface area contributed by atoms with E-state index in [2.05, 4.69) is 21.2 Å². The van der Waals surface area contributed by atoms with E-state index in [9.17, 15) is 4.79 Å². The third kappa shape index (κ3) is 3.51. The second-order valence-electron chi connectivity index (χ2n) is 7.19. The molecular weight excluding hydrogens is 443 g/mol. The molecule has 2 aliphatic heterocycles. The van der Waals surface area contributed by atoms with Crippen LogP contribution in [0.4, 0.5) is 4.39 Å². The molecular formula is C21H20BrFN2O2S. The molecule has 4 nitrogen and oxygen atoms in total. The van der Waals surface area contributed by atoms with Crippen molar-refractivity contribution < 1.29 is 13.9 Å². The fourth-order valence-corrected chi connectivity index (χ4v) is 5.26. The molecule has 0 aliphatic carbocycles. The second-order valence-corrected chi connectivity index (χ2v) is 9.07. The minimum atomic E-state index is -1.56. The average molecular weight is 463 g/mol. The number of thioether (sulfide) groups is 1. The molecule has 3 atom stereocenters. The first kappa shape index (κ1) is 19.6. The first-order valence-electron chi connectivity index (χ1n) is 9.07. The van der Waals surface area contributed by atoms with E-state index in [-0.39, 0.29) is 30.8 Å². The largest absolute Gasteiger partial charge is 0.375 e. The molecule has 1 N–H and O–H groups in total. The van der Waals surface area contributed by atoms with E-state index in [0.29, 0.717) is 10.7 Å². The third-order valence-electron chi connectivity index (χ3n) is 5.22. The summed E-state index contributed by atoms with van der Waals surface area (Å²) in [7, 11) is 0. The molecule has 0 aromatic heterocycles. The number of aliphatic imine (C=N–C) groups is 1. The second kappa shape index (κ2) is 7.61. The molecule has 0 saturated carbocycles. The Hall–Kier alpha value is -1.70. The molecule has 2 aromatic rings. The maximum absolute atomic E-state index is 16.2. The van der Waals surface area contributed by atoms with Gasteiger partial charge in [-0.2, -0.15) is 0 Å². The van der Waals surface area contributed by atoms with E-state index in [1.807, 2.05) is 37.3 Å². The van der Waals surface area contributed by atoms with Gasteiger partial charge in [0, 0.05) is 22.2 Å². The summed E-state index contributed by atoms with van der Waals surface area (Å²) in [6, 6.07) is 16.4. The minimum Gasteiger partial charge on any atom is -0.375 e. The summed E-state index contributed by atoms with van der Waals surface area (Å²) >= 11 is 4.72. The Bertz CT molecular complexity index is 926. The molecule has 28 heavy (non-hydrogen) atoms. The molecule has 1 fully saturated rings. The lowest BCUT2D eigenvalue weighted by Gasteiger charge is -2.50. The van der Waals surface area contributed by atoms with E-state index in [1.54, 1.807) is 24.3 Å². The molecule has 2 aromatic carbocycles. The zero-order chi connectivity index (χ0) is 19.8. The Morgan fingerprint density at radius 2 is 2.07 bits per heavy atom. The van der Waals surface area contributed by atoms with Crippen LogP contribution in [0.25, 0.3) is 0 Å². The van der Waals surface area contributed by atoms with E-state index in [1.165, 1.54) is 11.8 Å². The van der Waals surface area contributed by atoms with Gasteiger partial charge in [-0.15, -0.1) is 0 Å². The zero-order valence-electron chi connectivity index (χ0n) is 15.3. The highest BCUT2D eigenvalue weighted by atomic mass is 79.9. The van der Waals surface area contributed by atoms with Crippen molar-refractivity contribution in [1.29, 1.82) is 0 Å². The number of carbonyl (C=O) groups is 1. The van der Waals surface area contributed by atoms with Crippen LogP contribution in [0.5, 0.6) is 0 Å². The molecule has 1 amide bonds. The Morgan fingerprint density at radius 1 is 1.29 bits per heavy atom. The normalized spacial score (nSPS) is 29.5. The number of halogens is 2. The van der Waals surface area contributed by atoms with Crippen LogP contribution in [0.3, 0.4) is 0 Å². The standard InChI is InChI=1S/C21H20BrFN2O2S/c1-14-11-20(23)13-28-19(24-18(26)15-6-3-2-4-7-15)25-21(20,12-27-14)16-8-5-9-17(22)10-16/h2-10,14H,11-13H2,1H3,(H,24,25,26)/t14-,20+,21+/m0/s1. The summed E-state index contributed by atoms with van der Waals surface area (Å²) < 4.78 is 23.0. The van der Waals surface area contributed by atoms with Crippen LogP contribution in [0, 0.1) is 0 Å². The van der Waals surface area contributed by atoms with E-state index in [4.69, 9.17) is 9.73 Å². The lowest BCUT2D eigenvalue weighted by atomic mass is 9.73. The summed E-state index contributed by atoms with van der Waals surface area (Å²) in [4.78, 5) is 17.3. The smallest absolute Gasteiger partial charge is 0.257 e. The highest BCUT2D eigenvalue weighted by Gasteiger charge is 2.59. The number of nitrogens with one attached hydrogen (secondary N) is 1. The first-order valence-corrected chi connectivity index (χ1v) is 10.9. The van der Waals surface area contributed by atoms with Crippen LogP contribution in [0.2, 0.25) is 0 Å². The van der Waals surface area contributed by atoms with E-state index < -0.39 is 11.2 Å². The zero-order valence-corrected chi connectivity index (χ0v) is 17.7. The fourth-order valence-electron chi connectivity index (χ4n) is 3.75. The Balaban J connectivity index is 1.73. The lowest BCUT2D eigenvalue weighted by molar-refractivity contribution is -0.106. The van der Waals surface area contributed by atoms with Crippen LogP contribution < -0.4 is 5.32 Å². The number of rotatable bonds is 2. The summed E-state index contributed by atoms with van der Waals surface area (Å²) in [6.07, 6.45) is 0.0807. The Morgan fingerprint density at radius 3 is 2.82 bits per heavy atom. The number of amidine groups is 1. The predicted molar refractivity (Wildman–Crippen MR) is 113 cm³/mol. The quantitative estimate of drug-likeness (QED) is 0.703. The van der Waals surface area contributed by atoms with Crippen molar-refractivity contribution in [1.82, 2.24) is 5.32 Å². The summed E-state index contributed by atoms with van der Waals surface area (Å²) in [5, 5.41) is 3.26. The lowest BCUT2D eigenvalue weighted by Crippen LogP contribution is -2.60. The van der Waals surface area contributed by atoms with Gasteiger partial charge in [0.2, 0.25) is 0 Å². The van der Waals surface area contributed by atoms with Crippen LogP contribution in [-0.2, 0) is 10.3 Å². The van der Waals surface area contributed by atoms with Gasteiger partial charge >= 0.3 is 0 Å². The van der Waals surface area contributed by atoms with Gasteiger partial charge in [-0.25, -0.2) is 9.38 Å². The predicted octanol–water partition coefficient (Wildman–Crippen LogP) is 4.69. The molecule has 0 radical (unpaired) electrons. The van der Waals surface area contributed by atoms with Gasteiger partial charge in [0.15, 0.2) is 10.8 Å². The molecule has 0 spiro atoms. The molecule has 146 valence electrons. The van der Waals surface area contributed by atoms with Gasteiger partial charge in [-0.3, -0.25) is 4.79 Å².